The van der Waals surface area contributed by atoms with Crippen molar-refractivity contribution in [3.63, 3.8) is 0 Å². The first kappa shape index (κ1) is 15.2. The lowest BCUT2D eigenvalue weighted by Gasteiger charge is -2.13. The van der Waals surface area contributed by atoms with E-state index in [2.05, 4.69) is 15.9 Å². The Bertz CT molecular complexity index is 602. The van der Waals surface area contributed by atoms with Crippen molar-refractivity contribution < 1.29 is 9.13 Å². The van der Waals surface area contributed by atoms with Crippen LogP contribution in [0.25, 0.3) is 0 Å². The summed E-state index contributed by atoms with van der Waals surface area (Å²) in [4.78, 5) is 1.81. The van der Waals surface area contributed by atoms with E-state index >= 15 is 0 Å². The highest BCUT2D eigenvalue weighted by Crippen LogP contribution is 2.36. The summed E-state index contributed by atoms with van der Waals surface area (Å²) in [6, 6.07) is 10.8. The van der Waals surface area contributed by atoms with Crippen LogP contribution < -0.4 is 10.5 Å². The van der Waals surface area contributed by atoms with E-state index in [-0.39, 0.29) is 11.9 Å². The normalized spacial score (nSPS) is 10.8. The van der Waals surface area contributed by atoms with Crippen LogP contribution in [-0.4, -0.2) is 6.10 Å². The number of nitrogen functional groups attached to an aromatic ring is 1. The highest BCUT2D eigenvalue weighted by atomic mass is 79.9. The van der Waals surface area contributed by atoms with Gasteiger partial charge in [0, 0.05) is 26.0 Å². The minimum Gasteiger partial charge on any atom is -0.488 e. The lowest BCUT2D eigenvalue weighted by Crippen LogP contribution is -2.07. The molecule has 0 amide bonds. The quantitative estimate of drug-likeness (QED) is 0.774. The Morgan fingerprint density at radius 3 is 2.45 bits per heavy atom. The number of benzene rings is 2. The first-order chi connectivity index (χ1) is 9.45. The molecule has 0 bridgehead atoms. The van der Waals surface area contributed by atoms with Gasteiger partial charge >= 0.3 is 0 Å². The molecule has 2 aromatic rings. The molecule has 0 unspecified atom stereocenters. The molecule has 106 valence electrons. The molecule has 2 rings (SSSR count). The first-order valence-corrected chi connectivity index (χ1v) is 7.75. The van der Waals surface area contributed by atoms with Gasteiger partial charge in [0.25, 0.3) is 0 Å². The first-order valence-electron chi connectivity index (χ1n) is 6.15. The van der Waals surface area contributed by atoms with Gasteiger partial charge in [0.1, 0.15) is 0 Å². The van der Waals surface area contributed by atoms with Gasteiger partial charge in [0.2, 0.25) is 0 Å². The van der Waals surface area contributed by atoms with Crippen molar-refractivity contribution in [2.45, 2.75) is 29.7 Å². The highest BCUT2D eigenvalue weighted by molar-refractivity contribution is 9.10. The largest absolute Gasteiger partial charge is 0.488 e. The number of rotatable bonds is 4. The number of hydrogen-bond acceptors (Lipinski definition) is 3. The summed E-state index contributed by atoms with van der Waals surface area (Å²) in [5.74, 6) is -0.204. The van der Waals surface area contributed by atoms with Gasteiger partial charge in [0.15, 0.2) is 11.6 Å². The monoisotopic (exact) mass is 355 g/mol. The number of ether oxygens (including phenoxy) is 1. The van der Waals surface area contributed by atoms with E-state index in [0.717, 1.165) is 14.3 Å². The predicted octanol–water partition coefficient (Wildman–Crippen LogP) is 5.11. The predicted molar refractivity (Wildman–Crippen MR) is 84.8 cm³/mol. The Kier molecular flexibility index (Phi) is 4.94. The van der Waals surface area contributed by atoms with Crippen molar-refractivity contribution >= 4 is 33.4 Å². The third-order valence-electron chi connectivity index (χ3n) is 2.47. The van der Waals surface area contributed by atoms with E-state index in [4.69, 9.17) is 10.5 Å². The van der Waals surface area contributed by atoms with Crippen LogP contribution in [0.5, 0.6) is 5.75 Å². The molecule has 0 aromatic heterocycles. The van der Waals surface area contributed by atoms with Crippen LogP contribution >= 0.6 is 27.7 Å². The fourth-order valence-electron chi connectivity index (χ4n) is 1.61. The van der Waals surface area contributed by atoms with Crippen molar-refractivity contribution in [1.29, 1.82) is 0 Å². The molecule has 5 heteroatoms. The van der Waals surface area contributed by atoms with Crippen LogP contribution in [0.15, 0.2) is 50.7 Å². The summed E-state index contributed by atoms with van der Waals surface area (Å²) >= 11 is 4.87. The maximum Gasteiger partial charge on any atom is 0.167 e. The summed E-state index contributed by atoms with van der Waals surface area (Å²) < 4.78 is 20.2. The van der Waals surface area contributed by atoms with E-state index < -0.39 is 5.82 Å². The van der Waals surface area contributed by atoms with Crippen molar-refractivity contribution in [2.75, 3.05) is 5.73 Å². The van der Waals surface area contributed by atoms with Gasteiger partial charge in [-0.1, -0.05) is 27.7 Å². The van der Waals surface area contributed by atoms with E-state index in [9.17, 15) is 4.39 Å². The minimum atomic E-state index is -0.434. The third-order valence-corrected chi connectivity index (χ3v) is 4.08. The van der Waals surface area contributed by atoms with Crippen LogP contribution in [0.3, 0.4) is 0 Å². The molecular formula is C15H15BrFNOS. The molecule has 0 saturated carbocycles. The second kappa shape index (κ2) is 6.50. The lowest BCUT2D eigenvalue weighted by atomic mass is 10.3. The van der Waals surface area contributed by atoms with Gasteiger partial charge in [-0.25, -0.2) is 4.39 Å². The maximum absolute atomic E-state index is 13.8. The fraction of sp³-hybridized carbons (Fsp3) is 0.200. The Balaban J connectivity index is 2.28. The van der Waals surface area contributed by atoms with Gasteiger partial charge in [-0.15, -0.1) is 0 Å². The van der Waals surface area contributed by atoms with E-state index in [1.165, 1.54) is 17.8 Å². The fourth-order valence-corrected chi connectivity index (χ4v) is 2.75. The number of anilines is 1. The maximum atomic E-state index is 13.8. The standard InChI is InChI=1S/C15H15BrFNOS/c1-9(2)19-14-8-15(13(18)7-12(14)17)20-11-5-3-10(16)4-6-11/h3-9H,18H2,1-2H3. The Labute approximate surface area is 130 Å². The molecule has 2 aromatic carbocycles. The van der Waals surface area contributed by atoms with E-state index in [0.29, 0.717) is 5.69 Å². The Morgan fingerprint density at radius 1 is 1.20 bits per heavy atom. The summed E-state index contributed by atoms with van der Waals surface area (Å²) in [5.41, 5.74) is 6.28. The van der Waals surface area contributed by atoms with Crippen molar-refractivity contribution in [3.05, 3.63) is 46.7 Å². The van der Waals surface area contributed by atoms with Crippen molar-refractivity contribution in [3.8, 4) is 5.75 Å². The van der Waals surface area contributed by atoms with Crippen LogP contribution in [-0.2, 0) is 0 Å². The summed E-state index contributed by atoms with van der Waals surface area (Å²) in [5, 5.41) is 0. The molecule has 2 nitrogen and oxygen atoms in total. The summed E-state index contributed by atoms with van der Waals surface area (Å²) in [6.07, 6.45) is -0.0846. The minimum absolute atomic E-state index is 0.0846. The number of hydrogen-bond donors (Lipinski definition) is 1. The van der Waals surface area contributed by atoms with Gasteiger partial charge in [-0.05, 0) is 44.2 Å². The molecule has 0 fully saturated rings. The molecule has 0 aliphatic rings. The molecule has 20 heavy (non-hydrogen) atoms. The molecule has 0 aliphatic heterocycles. The van der Waals surface area contributed by atoms with Gasteiger partial charge < -0.3 is 10.5 Å². The van der Waals surface area contributed by atoms with Gasteiger partial charge in [0.05, 0.1) is 6.10 Å². The zero-order valence-corrected chi connectivity index (χ0v) is 13.6. The molecular weight excluding hydrogens is 341 g/mol. The Hall–Kier alpha value is -1.20. The molecule has 0 saturated heterocycles. The Morgan fingerprint density at radius 2 is 1.85 bits per heavy atom. The average molecular weight is 356 g/mol. The van der Waals surface area contributed by atoms with Crippen molar-refractivity contribution in [1.82, 2.24) is 0 Å². The molecule has 0 radical (unpaired) electrons. The van der Waals surface area contributed by atoms with Crippen LogP contribution in [0.1, 0.15) is 13.8 Å². The molecule has 0 atom stereocenters. The van der Waals surface area contributed by atoms with Gasteiger partial charge in [-0.3, -0.25) is 0 Å². The second-order valence-corrected chi connectivity index (χ2v) is 6.57. The topological polar surface area (TPSA) is 35.2 Å². The molecule has 0 spiro atoms. The van der Waals surface area contributed by atoms with Crippen LogP contribution in [0.4, 0.5) is 10.1 Å². The zero-order chi connectivity index (χ0) is 14.7. The molecule has 2 N–H and O–H groups in total. The molecule has 0 aliphatic carbocycles. The second-order valence-electron chi connectivity index (χ2n) is 4.54. The van der Waals surface area contributed by atoms with Crippen LogP contribution in [0, 0.1) is 5.82 Å². The zero-order valence-electron chi connectivity index (χ0n) is 11.2. The van der Waals surface area contributed by atoms with Gasteiger partial charge in [-0.2, -0.15) is 0 Å². The molecule has 0 heterocycles. The lowest BCUT2D eigenvalue weighted by molar-refractivity contribution is 0.230. The average Bonchev–Trinajstić information content (AvgIpc) is 2.37. The summed E-state index contributed by atoms with van der Waals surface area (Å²) in [7, 11) is 0. The SMILES string of the molecule is CC(C)Oc1cc(Sc2ccc(Br)cc2)c(N)cc1F. The number of nitrogens with two attached hydrogens (primary N) is 1. The van der Waals surface area contributed by atoms with Crippen LogP contribution in [0.2, 0.25) is 0 Å². The van der Waals surface area contributed by atoms with Crippen molar-refractivity contribution in [2.24, 2.45) is 0 Å². The van der Waals surface area contributed by atoms with E-state index in [1.807, 2.05) is 38.1 Å². The number of halogens is 2. The van der Waals surface area contributed by atoms with E-state index in [1.54, 1.807) is 6.07 Å². The summed E-state index contributed by atoms with van der Waals surface area (Å²) in [6.45, 7) is 3.72. The third kappa shape index (κ3) is 3.90. The highest BCUT2D eigenvalue weighted by Gasteiger charge is 2.11. The smallest absolute Gasteiger partial charge is 0.167 e.